The Balaban J connectivity index is 1.82. The zero-order chi connectivity index (χ0) is 18.2. The molecule has 2 aromatic carbocycles. The van der Waals surface area contributed by atoms with E-state index in [9.17, 15) is 9.59 Å². The highest BCUT2D eigenvalue weighted by molar-refractivity contribution is 6.42. The van der Waals surface area contributed by atoms with Crippen molar-refractivity contribution in [2.75, 3.05) is 17.2 Å². The topological polar surface area (TPSA) is 67.4 Å². The van der Waals surface area contributed by atoms with Crippen molar-refractivity contribution in [1.82, 2.24) is 0 Å². The maximum Gasteiger partial charge on any atom is 0.227 e. The van der Waals surface area contributed by atoms with Crippen LogP contribution in [0.2, 0.25) is 10.0 Å². The third kappa shape index (κ3) is 6.29. The number of hydrogen-bond donors (Lipinski definition) is 2. The van der Waals surface area contributed by atoms with Gasteiger partial charge >= 0.3 is 0 Å². The first-order valence-electron chi connectivity index (χ1n) is 7.75. The van der Waals surface area contributed by atoms with Crippen molar-refractivity contribution in [3.63, 3.8) is 0 Å². The monoisotopic (exact) mass is 380 g/mol. The first-order chi connectivity index (χ1) is 12.0. The Morgan fingerprint density at radius 2 is 1.64 bits per heavy atom. The number of rotatable bonds is 7. The summed E-state index contributed by atoms with van der Waals surface area (Å²) in [5.41, 5.74) is 1.24. The molecule has 0 heterocycles. The van der Waals surface area contributed by atoms with Crippen LogP contribution in [0.25, 0.3) is 0 Å². The number of carbonyl (C=O) groups is 2. The van der Waals surface area contributed by atoms with Gasteiger partial charge in [0, 0.05) is 23.9 Å². The molecule has 0 unspecified atom stereocenters. The number of halogens is 2. The van der Waals surface area contributed by atoms with E-state index in [0.717, 1.165) is 0 Å². The van der Waals surface area contributed by atoms with E-state index in [2.05, 4.69) is 10.6 Å². The standard InChI is InChI=1S/C18H18Cl2N2O3/c1-2-17(23)21-12-4-3-5-13(10-12)22-18(24)8-9-25-14-6-7-15(19)16(20)11-14/h3-7,10-11H,2,8-9H2,1H3,(H,21,23)(H,22,24). The lowest BCUT2D eigenvalue weighted by molar-refractivity contribution is -0.117. The zero-order valence-electron chi connectivity index (χ0n) is 13.6. The molecular formula is C18H18Cl2N2O3. The molecule has 7 heteroatoms. The second-order valence-electron chi connectivity index (χ2n) is 5.21. The van der Waals surface area contributed by atoms with E-state index in [1.54, 1.807) is 49.4 Å². The predicted octanol–water partition coefficient (Wildman–Crippen LogP) is 4.75. The molecule has 25 heavy (non-hydrogen) atoms. The molecule has 0 fully saturated rings. The van der Waals surface area contributed by atoms with Crippen molar-refractivity contribution < 1.29 is 14.3 Å². The van der Waals surface area contributed by atoms with E-state index in [1.165, 1.54) is 0 Å². The van der Waals surface area contributed by atoms with Gasteiger partial charge < -0.3 is 15.4 Å². The van der Waals surface area contributed by atoms with E-state index in [-0.39, 0.29) is 24.8 Å². The van der Waals surface area contributed by atoms with Crippen molar-refractivity contribution in [3.8, 4) is 5.75 Å². The van der Waals surface area contributed by atoms with E-state index >= 15 is 0 Å². The average molecular weight is 381 g/mol. The fourth-order valence-electron chi connectivity index (χ4n) is 1.98. The first-order valence-corrected chi connectivity index (χ1v) is 8.51. The zero-order valence-corrected chi connectivity index (χ0v) is 15.2. The summed E-state index contributed by atoms with van der Waals surface area (Å²) in [4.78, 5) is 23.4. The highest BCUT2D eigenvalue weighted by Gasteiger charge is 2.06. The maximum absolute atomic E-state index is 12.0. The molecule has 132 valence electrons. The quantitative estimate of drug-likeness (QED) is 0.727. The Morgan fingerprint density at radius 1 is 0.960 bits per heavy atom. The van der Waals surface area contributed by atoms with Gasteiger partial charge in [0.25, 0.3) is 0 Å². The summed E-state index contributed by atoms with van der Waals surface area (Å²) < 4.78 is 5.48. The molecule has 0 atom stereocenters. The van der Waals surface area contributed by atoms with Crippen molar-refractivity contribution >= 4 is 46.4 Å². The van der Waals surface area contributed by atoms with Gasteiger partial charge in [0.1, 0.15) is 5.75 Å². The summed E-state index contributed by atoms with van der Waals surface area (Å²) in [5.74, 6) is 0.268. The van der Waals surface area contributed by atoms with Crippen molar-refractivity contribution in [1.29, 1.82) is 0 Å². The third-order valence-electron chi connectivity index (χ3n) is 3.24. The van der Waals surface area contributed by atoms with Crippen LogP contribution >= 0.6 is 23.2 Å². The molecule has 2 N–H and O–H groups in total. The summed E-state index contributed by atoms with van der Waals surface area (Å²) in [6.45, 7) is 1.98. The summed E-state index contributed by atoms with van der Waals surface area (Å²) in [5, 5.41) is 6.35. The van der Waals surface area contributed by atoms with Crippen molar-refractivity contribution in [2.45, 2.75) is 19.8 Å². The van der Waals surface area contributed by atoms with Gasteiger partial charge in [0.05, 0.1) is 23.1 Å². The summed E-state index contributed by atoms with van der Waals surface area (Å²) in [7, 11) is 0. The molecule has 2 rings (SSSR count). The molecular weight excluding hydrogens is 363 g/mol. The second kappa shape index (κ2) is 9.30. The number of nitrogens with one attached hydrogen (secondary N) is 2. The molecule has 0 aliphatic heterocycles. The summed E-state index contributed by atoms with van der Waals surface area (Å²) in [6.07, 6.45) is 0.564. The molecule has 0 aliphatic carbocycles. The van der Waals surface area contributed by atoms with Gasteiger partial charge in [-0.05, 0) is 30.3 Å². The Bertz CT molecular complexity index is 766. The van der Waals surface area contributed by atoms with Crippen LogP contribution in [0.3, 0.4) is 0 Å². The number of benzene rings is 2. The minimum absolute atomic E-state index is 0.0847. The van der Waals surface area contributed by atoms with Crippen LogP contribution < -0.4 is 15.4 Å². The molecule has 2 aromatic rings. The molecule has 0 radical (unpaired) electrons. The van der Waals surface area contributed by atoms with Crippen LogP contribution in [0.4, 0.5) is 11.4 Å². The van der Waals surface area contributed by atoms with Gasteiger partial charge in [-0.25, -0.2) is 0 Å². The summed E-state index contributed by atoms with van der Waals surface area (Å²) >= 11 is 11.7. The van der Waals surface area contributed by atoms with Gasteiger partial charge in [-0.2, -0.15) is 0 Å². The lowest BCUT2D eigenvalue weighted by Crippen LogP contribution is -2.15. The minimum atomic E-state index is -0.195. The van der Waals surface area contributed by atoms with Gasteiger partial charge in [0.2, 0.25) is 11.8 Å². The molecule has 2 amide bonds. The van der Waals surface area contributed by atoms with Gasteiger partial charge in [-0.1, -0.05) is 36.2 Å². The Hall–Kier alpha value is -2.24. The lowest BCUT2D eigenvalue weighted by Gasteiger charge is -2.09. The fraction of sp³-hybridized carbons (Fsp3) is 0.222. The number of anilines is 2. The van der Waals surface area contributed by atoms with E-state index in [0.29, 0.717) is 33.6 Å². The third-order valence-corrected chi connectivity index (χ3v) is 3.98. The van der Waals surface area contributed by atoms with E-state index in [4.69, 9.17) is 27.9 Å². The van der Waals surface area contributed by atoms with E-state index < -0.39 is 0 Å². The normalized spacial score (nSPS) is 10.2. The highest BCUT2D eigenvalue weighted by atomic mass is 35.5. The first kappa shape index (κ1) is 19.1. The smallest absolute Gasteiger partial charge is 0.227 e. The maximum atomic E-state index is 12.0. The van der Waals surface area contributed by atoms with Crippen LogP contribution in [-0.4, -0.2) is 18.4 Å². The molecule has 5 nitrogen and oxygen atoms in total. The molecule has 0 saturated carbocycles. The number of ether oxygens (including phenoxy) is 1. The van der Waals surface area contributed by atoms with Crippen LogP contribution in [0.5, 0.6) is 5.75 Å². The molecule has 0 saturated heterocycles. The second-order valence-corrected chi connectivity index (χ2v) is 6.02. The number of hydrogen-bond acceptors (Lipinski definition) is 3. The van der Waals surface area contributed by atoms with E-state index in [1.807, 2.05) is 0 Å². The number of amides is 2. The minimum Gasteiger partial charge on any atom is -0.493 e. The van der Waals surface area contributed by atoms with Gasteiger partial charge in [-0.15, -0.1) is 0 Å². The van der Waals surface area contributed by atoms with Crippen LogP contribution in [0.15, 0.2) is 42.5 Å². The van der Waals surface area contributed by atoms with Crippen LogP contribution in [0, 0.1) is 0 Å². The van der Waals surface area contributed by atoms with Crippen molar-refractivity contribution in [3.05, 3.63) is 52.5 Å². The van der Waals surface area contributed by atoms with Crippen molar-refractivity contribution in [2.24, 2.45) is 0 Å². The average Bonchev–Trinajstić information content (AvgIpc) is 2.58. The number of carbonyl (C=O) groups excluding carboxylic acids is 2. The Kier molecular flexibility index (Phi) is 7.10. The van der Waals surface area contributed by atoms with Crippen LogP contribution in [0.1, 0.15) is 19.8 Å². The van der Waals surface area contributed by atoms with Gasteiger partial charge in [-0.3, -0.25) is 9.59 Å². The summed E-state index contributed by atoms with van der Waals surface area (Å²) in [6, 6.07) is 11.9. The highest BCUT2D eigenvalue weighted by Crippen LogP contribution is 2.26. The predicted molar refractivity (Wildman–Crippen MR) is 101 cm³/mol. The van der Waals surface area contributed by atoms with Crippen LogP contribution in [-0.2, 0) is 9.59 Å². The SMILES string of the molecule is CCC(=O)Nc1cccc(NC(=O)CCOc2ccc(Cl)c(Cl)c2)c1. The molecule has 0 bridgehead atoms. The molecule has 0 spiro atoms. The lowest BCUT2D eigenvalue weighted by atomic mass is 10.2. The fourth-order valence-corrected chi connectivity index (χ4v) is 2.26. The Labute approximate surface area is 156 Å². The van der Waals surface area contributed by atoms with Gasteiger partial charge in [0.15, 0.2) is 0 Å². The molecule has 0 aliphatic rings. The largest absolute Gasteiger partial charge is 0.493 e. The Morgan fingerprint density at radius 3 is 2.28 bits per heavy atom. The molecule has 0 aromatic heterocycles.